The van der Waals surface area contributed by atoms with Crippen LogP contribution in [0.1, 0.15) is 76.6 Å². The highest BCUT2D eigenvalue weighted by atomic mass is 16.6. The Bertz CT molecular complexity index is 1120. The molecule has 1 fully saturated rings. The van der Waals surface area contributed by atoms with Crippen molar-refractivity contribution in [2.45, 2.75) is 91.5 Å². The number of aryl methyl sites for hydroxylation is 2. The third kappa shape index (κ3) is 7.57. The summed E-state index contributed by atoms with van der Waals surface area (Å²) in [7, 11) is 0. The molecule has 2 N–H and O–H groups in total. The Labute approximate surface area is 221 Å². The van der Waals surface area contributed by atoms with E-state index < -0.39 is 23.8 Å². The van der Waals surface area contributed by atoms with Gasteiger partial charge in [-0.3, -0.25) is 9.59 Å². The van der Waals surface area contributed by atoms with Gasteiger partial charge in [-0.2, -0.15) is 0 Å². The fourth-order valence-corrected chi connectivity index (χ4v) is 4.34. The zero-order valence-corrected chi connectivity index (χ0v) is 23.1. The third-order valence-electron chi connectivity index (χ3n) is 6.63. The molecule has 2 aromatic carbocycles. The van der Waals surface area contributed by atoms with Crippen LogP contribution in [-0.4, -0.2) is 40.5 Å². The lowest BCUT2D eigenvalue weighted by molar-refractivity contribution is -0.142. The van der Waals surface area contributed by atoms with Crippen molar-refractivity contribution in [3.63, 3.8) is 0 Å². The third-order valence-corrected chi connectivity index (χ3v) is 6.63. The molecule has 1 aliphatic carbocycles. The molecule has 2 aromatic rings. The SMILES string of the molecule is CCC(C)C(NC(=O)OC(C)(C)C)C(=O)N(C1CC1)C(C(=O)Nc1ccccc1C)c1cccc(C)c1. The van der Waals surface area contributed by atoms with E-state index in [2.05, 4.69) is 10.6 Å². The van der Waals surface area contributed by atoms with Gasteiger partial charge in [0, 0.05) is 11.7 Å². The standard InChI is InChI=1S/C30H41N3O4/c1-8-20(3)25(32-29(36)37-30(5,6)7)28(35)33(23-16-17-23)26(22-14-11-12-19(2)18-22)27(34)31-24-15-10-9-13-21(24)4/h9-15,18,20,23,25-26H,8,16-17H2,1-7H3,(H,31,34)(H,32,36). The molecule has 0 aliphatic heterocycles. The van der Waals surface area contributed by atoms with Crippen LogP contribution in [-0.2, 0) is 14.3 Å². The number of hydrogen-bond acceptors (Lipinski definition) is 4. The zero-order chi connectivity index (χ0) is 27.3. The van der Waals surface area contributed by atoms with Crippen molar-refractivity contribution < 1.29 is 19.1 Å². The number of ether oxygens (including phenoxy) is 1. The van der Waals surface area contributed by atoms with E-state index in [1.807, 2.05) is 76.2 Å². The van der Waals surface area contributed by atoms with Crippen molar-refractivity contribution in [3.8, 4) is 0 Å². The van der Waals surface area contributed by atoms with Gasteiger partial charge in [-0.05, 0) is 70.6 Å². The first kappa shape index (κ1) is 28.2. The van der Waals surface area contributed by atoms with Gasteiger partial charge >= 0.3 is 6.09 Å². The molecule has 3 rings (SSSR count). The quantitative estimate of drug-likeness (QED) is 0.441. The number of carbonyl (C=O) groups excluding carboxylic acids is 3. The average Bonchev–Trinajstić information content (AvgIpc) is 3.65. The van der Waals surface area contributed by atoms with Gasteiger partial charge in [-0.1, -0.05) is 68.3 Å². The maximum Gasteiger partial charge on any atom is 0.408 e. The summed E-state index contributed by atoms with van der Waals surface area (Å²) in [5.74, 6) is -0.701. The van der Waals surface area contributed by atoms with Gasteiger partial charge in [0.2, 0.25) is 5.91 Å². The predicted molar refractivity (Wildman–Crippen MR) is 146 cm³/mol. The van der Waals surface area contributed by atoms with Crippen molar-refractivity contribution in [1.29, 1.82) is 0 Å². The van der Waals surface area contributed by atoms with E-state index >= 15 is 0 Å². The van der Waals surface area contributed by atoms with E-state index in [4.69, 9.17) is 4.74 Å². The Balaban J connectivity index is 2.01. The monoisotopic (exact) mass is 507 g/mol. The lowest BCUT2D eigenvalue weighted by Gasteiger charge is -2.36. The van der Waals surface area contributed by atoms with E-state index in [9.17, 15) is 14.4 Å². The molecule has 0 aromatic heterocycles. The van der Waals surface area contributed by atoms with Crippen LogP contribution in [0.15, 0.2) is 48.5 Å². The summed E-state index contributed by atoms with van der Waals surface area (Å²) >= 11 is 0. The molecular formula is C30H41N3O4. The molecule has 3 amide bonds. The summed E-state index contributed by atoms with van der Waals surface area (Å²) in [6.07, 6.45) is 1.66. The summed E-state index contributed by atoms with van der Waals surface area (Å²) in [5.41, 5.74) is 2.69. The Morgan fingerprint density at radius 1 is 1.05 bits per heavy atom. The fourth-order valence-electron chi connectivity index (χ4n) is 4.34. The number of benzene rings is 2. The van der Waals surface area contributed by atoms with Crippen molar-refractivity contribution in [1.82, 2.24) is 10.2 Å². The van der Waals surface area contributed by atoms with Gasteiger partial charge < -0.3 is 20.3 Å². The number of nitrogens with zero attached hydrogens (tertiary/aromatic N) is 1. The molecule has 0 spiro atoms. The minimum atomic E-state index is -0.841. The summed E-state index contributed by atoms with van der Waals surface area (Å²) < 4.78 is 5.47. The summed E-state index contributed by atoms with van der Waals surface area (Å²) in [6, 6.07) is 13.6. The van der Waals surface area contributed by atoms with E-state index in [1.54, 1.807) is 25.7 Å². The van der Waals surface area contributed by atoms with E-state index in [1.165, 1.54) is 0 Å². The topological polar surface area (TPSA) is 87.7 Å². The first-order valence-corrected chi connectivity index (χ1v) is 13.2. The van der Waals surface area contributed by atoms with Gasteiger partial charge in [0.1, 0.15) is 17.7 Å². The average molecular weight is 508 g/mol. The fraction of sp³-hybridized carbons (Fsp3) is 0.500. The Hall–Kier alpha value is -3.35. The number of carbonyl (C=O) groups is 3. The maximum atomic E-state index is 14.2. The molecule has 0 heterocycles. The van der Waals surface area contributed by atoms with Crippen molar-refractivity contribution >= 4 is 23.6 Å². The lowest BCUT2D eigenvalue weighted by Crippen LogP contribution is -2.55. The van der Waals surface area contributed by atoms with Gasteiger partial charge in [-0.15, -0.1) is 0 Å². The second kappa shape index (κ2) is 11.8. The summed E-state index contributed by atoms with van der Waals surface area (Å²) in [4.78, 5) is 42.5. The molecule has 0 saturated heterocycles. The zero-order valence-electron chi connectivity index (χ0n) is 23.1. The largest absolute Gasteiger partial charge is 0.444 e. The number of alkyl carbamates (subject to hydrolysis) is 1. The van der Waals surface area contributed by atoms with Crippen molar-refractivity contribution in [2.24, 2.45) is 5.92 Å². The van der Waals surface area contributed by atoms with Crippen LogP contribution in [0, 0.1) is 19.8 Å². The van der Waals surface area contributed by atoms with Crippen LogP contribution in [0.5, 0.6) is 0 Å². The number of nitrogens with one attached hydrogen (secondary N) is 2. The number of amides is 3. The second-order valence-electron chi connectivity index (χ2n) is 11.1. The number of rotatable bonds is 9. The molecule has 37 heavy (non-hydrogen) atoms. The van der Waals surface area contributed by atoms with Crippen LogP contribution in [0.25, 0.3) is 0 Å². The molecule has 3 unspecified atom stereocenters. The van der Waals surface area contributed by atoms with Gasteiger partial charge in [0.05, 0.1) is 0 Å². The number of anilines is 1. The summed E-state index contributed by atoms with van der Waals surface area (Å²) in [5, 5.41) is 5.87. The second-order valence-corrected chi connectivity index (χ2v) is 11.1. The molecular weight excluding hydrogens is 466 g/mol. The number of hydrogen-bond donors (Lipinski definition) is 2. The first-order valence-electron chi connectivity index (χ1n) is 13.2. The van der Waals surface area contributed by atoms with Crippen LogP contribution in [0.4, 0.5) is 10.5 Å². The van der Waals surface area contributed by atoms with Crippen LogP contribution < -0.4 is 10.6 Å². The van der Waals surface area contributed by atoms with E-state index in [0.717, 1.165) is 29.5 Å². The minimum Gasteiger partial charge on any atom is -0.444 e. The minimum absolute atomic E-state index is 0.0763. The molecule has 1 saturated carbocycles. The smallest absolute Gasteiger partial charge is 0.408 e. The molecule has 7 nitrogen and oxygen atoms in total. The Kier molecular flexibility index (Phi) is 9.00. The highest BCUT2D eigenvalue weighted by molar-refractivity contribution is 5.99. The van der Waals surface area contributed by atoms with Crippen molar-refractivity contribution in [2.75, 3.05) is 5.32 Å². The highest BCUT2D eigenvalue weighted by Crippen LogP contribution is 2.37. The number of para-hydroxylation sites is 1. The molecule has 3 atom stereocenters. The molecule has 0 bridgehead atoms. The van der Waals surface area contributed by atoms with Gasteiger partial charge in [0.25, 0.3) is 5.91 Å². The van der Waals surface area contributed by atoms with E-state index in [-0.39, 0.29) is 23.8 Å². The molecule has 1 aliphatic rings. The lowest BCUT2D eigenvalue weighted by atomic mass is 9.95. The Morgan fingerprint density at radius 3 is 2.30 bits per heavy atom. The van der Waals surface area contributed by atoms with Crippen LogP contribution in [0.2, 0.25) is 0 Å². The first-order chi connectivity index (χ1) is 17.4. The Morgan fingerprint density at radius 2 is 1.73 bits per heavy atom. The van der Waals surface area contributed by atoms with Gasteiger partial charge in [0.15, 0.2) is 0 Å². The normalized spacial score (nSPS) is 15.8. The van der Waals surface area contributed by atoms with Gasteiger partial charge in [-0.25, -0.2) is 4.79 Å². The predicted octanol–water partition coefficient (Wildman–Crippen LogP) is 5.91. The maximum absolute atomic E-state index is 14.2. The van der Waals surface area contributed by atoms with Crippen molar-refractivity contribution in [3.05, 3.63) is 65.2 Å². The summed E-state index contributed by atoms with van der Waals surface area (Å²) in [6.45, 7) is 13.2. The van der Waals surface area contributed by atoms with Crippen LogP contribution >= 0.6 is 0 Å². The molecule has 200 valence electrons. The molecule has 7 heteroatoms. The van der Waals surface area contributed by atoms with Crippen LogP contribution in [0.3, 0.4) is 0 Å². The van der Waals surface area contributed by atoms with E-state index in [0.29, 0.717) is 12.1 Å². The highest BCUT2D eigenvalue weighted by Gasteiger charge is 2.45. The molecule has 0 radical (unpaired) electrons.